The molecule has 3 aliphatic rings. The molecular formula is C20H21N3O5. The third kappa shape index (κ3) is 3.15. The fraction of sp³-hybridized carbons (Fsp3) is 0.400. The lowest BCUT2D eigenvalue weighted by Gasteiger charge is -2.17. The fourth-order valence-corrected chi connectivity index (χ4v) is 4.48. The van der Waals surface area contributed by atoms with Gasteiger partial charge in [-0.25, -0.2) is 9.59 Å². The van der Waals surface area contributed by atoms with E-state index in [1.165, 1.54) is 17.0 Å². The fourth-order valence-electron chi connectivity index (χ4n) is 4.48. The van der Waals surface area contributed by atoms with Crippen molar-refractivity contribution in [1.29, 1.82) is 0 Å². The number of benzene rings is 1. The van der Waals surface area contributed by atoms with Crippen molar-refractivity contribution in [2.75, 3.05) is 13.1 Å². The number of nitrogens with one attached hydrogen (secondary N) is 2. The minimum atomic E-state index is -1.00. The van der Waals surface area contributed by atoms with E-state index in [1.54, 1.807) is 12.1 Å². The number of carboxylic acids is 1. The highest BCUT2D eigenvalue weighted by Crippen LogP contribution is 2.52. The SMILES string of the molecule is O=C(NCCN1C(=O)C2C3C=CC(C3)C2C1=O)NCc1ccc(C(=O)O)cc1. The molecule has 2 fully saturated rings. The Kier molecular flexibility index (Phi) is 4.62. The maximum absolute atomic E-state index is 12.6. The quantitative estimate of drug-likeness (QED) is 0.500. The van der Waals surface area contributed by atoms with Crippen LogP contribution in [0.15, 0.2) is 36.4 Å². The number of nitrogens with zero attached hydrogens (tertiary/aromatic N) is 1. The van der Waals surface area contributed by atoms with Gasteiger partial charge in [0.1, 0.15) is 0 Å². The Morgan fingerprint density at radius 1 is 1.00 bits per heavy atom. The van der Waals surface area contributed by atoms with Crippen molar-refractivity contribution in [2.45, 2.75) is 13.0 Å². The standard InChI is InChI=1S/C20H21N3O5/c24-17-15-13-5-6-14(9-13)16(15)18(25)23(17)8-7-21-20(28)22-10-11-1-3-12(4-2-11)19(26)27/h1-6,13-16H,7-10H2,(H,26,27)(H2,21,22,28). The second kappa shape index (κ2) is 7.10. The van der Waals surface area contributed by atoms with E-state index in [4.69, 9.17) is 5.11 Å². The average molecular weight is 383 g/mol. The first kappa shape index (κ1) is 18.2. The van der Waals surface area contributed by atoms with E-state index in [2.05, 4.69) is 22.8 Å². The molecule has 4 amide bonds. The van der Waals surface area contributed by atoms with Gasteiger partial charge in [-0.1, -0.05) is 24.3 Å². The lowest BCUT2D eigenvalue weighted by Crippen LogP contribution is -2.42. The van der Waals surface area contributed by atoms with Crippen LogP contribution in [-0.4, -0.2) is 46.9 Å². The Hall–Kier alpha value is -3.16. The van der Waals surface area contributed by atoms with Gasteiger partial charge in [0.15, 0.2) is 0 Å². The van der Waals surface area contributed by atoms with Gasteiger partial charge in [0.25, 0.3) is 0 Å². The molecule has 4 atom stereocenters. The van der Waals surface area contributed by atoms with Gasteiger partial charge < -0.3 is 15.7 Å². The second-order valence-electron chi connectivity index (χ2n) is 7.44. The molecule has 146 valence electrons. The van der Waals surface area contributed by atoms with E-state index in [0.717, 1.165) is 12.0 Å². The van der Waals surface area contributed by atoms with Crippen LogP contribution < -0.4 is 10.6 Å². The van der Waals surface area contributed by atoms with Crippen molar-refractivity contribution in [3.05, 3.63) is 47.5 Å². The molecular weight excluding hydrogens is 362 g/mol. The van der Waals surface area contributed by atoms with Crippen LogP contribution in [0.2, 0.25) is 0 Å². The number of carboxylic acid groups (broad SMARTS) is 1. The number of carbonyl (C=O) groups is 4. The number of fused-ring (bicyclic) bond motifs is 5. The van der Waals surface area contributed by atoms with Gasteiger partial charge in [0.05, 0.1) is 17.4 Å². The number of likely N-dealkylation sites (tertiary alicyclic amines) is 1. The monoisotopic (exact) mass is 383 g/mol. The molecule has 2 aliphatic carbocycles. The number of hydrogen-bond acceptors (Lipinski definition) is 4. The zero-order chi connectivity index (χ0) is 19.8. The van der Waals surface area contributed by atoms with Crippen molar-refractivity contribution in [3.8, 4) is 0 Å². The van der Waals surface area contributed by atoms with Crippen molar-refractivity contribution < 1.29 is 24.3 Å². The van der Waals surface area contributed by atoms with Crippen LogP contribution in [0.4, 0.5) is 4.79 Å². The van der Waals surface area contributed by atoms with Crippen LogP contribution in [0.1, 0.15) is 22.3 Å². The molecule has 28 heavy (non-hydrogen) atoms. The van der Waals surface area contributed by atoms with E-state index >= 15 is 0 Å². The average Bonchev–Trinajstić information content (AvgIpc) is 3.36. The summed E-state index contributed by atoms with van der Waals surface area (Å²) in [7, 11) is 0. The Balaban J connectivity index is 1.22. The molecule has 0 aromatic heterocycles. The molecule has 8 nitrogen and oxygen atoms in total. The summed E-state index contributed by atoms with van der Waals surface area (Å²) < 4.78 is 0. The van der Waals surface area contributed by atoms with Gasteiger partial charge in [0, 0.05) is 19.6 Å². The number of aromatic carboxylic acids is 1. The van der Waals surface area contributed by atoms with Crippen LogP contribution in [0.3, 0.4) is 0 Å². The molecule has 4 rings (SSSR count). The summed E-state index contributed by atoms with van der Waals surface area (Å²) in [5, 5.41) is 14.2. The Morgan fingerprint density at radius 3 is 2.18 bits per heavy atom. The molecule has 1 aromatic rings. The summed E-state index contributed by atoms with van der Waals surface area (Å²) in [6.45, 7) is 0.598. The Bertz CT molecular complexity index is 833. The summed E-state index contributed by atoms with van der Waals surface area (Å²) in [5.74, 6) is -1.31. The minimum absolute atomic E-state index is 0.118. The molecule has 1 aliphatic heterocycles. The molecule has 0 spiro atoms. The molecule has 1 heterocycles. The van der Waals surface area contributed by atoms with Gasteiger partial charge in [0.2, 0.25) is 11.8 Å². The largest absolute Gasteiger partial charge is 0.478 e. The van der Waals surface area contributed by atoms with Gasteiger partial charge in [-0.3, -0.25) is 14.5 Å². The maximum Gasteiger partial charge on any atom is 0.335 e. The van der Waals surface area contributed by atoms with Crippen LogP contribution in [0.5, 0.6) is 0 Å². The molecule has 3 N–H and O–H groups in total. The molecule has 4 unspecified atom stereocenters. The number of hydrogen-bond donors (Lipinski definition) is 3. The summed E-state index contributed by atoms with van der Waals surface area (Å²) >= 11 is 0. The zero-order valence-corrected chi connectivity index (χ0v) is 15.1. The van der Waals surface area contributed by atoms with E-state index in [1.807, 2.05) is 0 Å². The first-order valence-corrected chi connectivity index (χ1v) is 9.33. The highest BCUT2D eigenvalue weighted by molar-refractivity contribution is 6.06. The minimum Gasteiger partial charge on any atom is -0.478 e. The van der Waals surface area contributed by atoms with Gasteiger partial charge in [-0.2, -0.15) is 0 Å². The van der Waals surface area contributed by atoms with E-state index in [9.17, 15) is 19.2 Å². The smallest absolute Gasteiger partial charge is 0.335 e. The first-order chi connectivity index (χ1) is 13.5. The van der Waals surface area contributed by atoms with Gasteiger partial charge in [-0.15, -0.1) is 0 Å². The third-order valence-corrected chi connectivity index (χ3v) is 5.84. The van der Waals surface area contributed by atoms with Crippen LogP contribution in [0, 0.1) is 23.7 Å². The third-order valence-electron chi connectivity index (χ3n) is 5.84. The summed E-state index contributed by atoms with van der Waals surface area (Å²) in [4.78, 5) is 49.1. The molecule has 1 aromatic carbocycles. The first-order valence-electron chi connectivity index (χ1n) is 9.33. The van der Waals surface area contributed by atoms with E-state index < -0.39 is 12.0 Å². The number of carbonyl (C=O) groups excluding carboxylic acids is 3. The van der Waals surface area contributed by atoms with Crippen molar-refractivity contribution in [2.24, 2.45) is 23.7 Å². The number of imide groups is 1. The highest BCUT2D eigenvalue weighted by Gasteiger charge is 2.58. The zero-order valence-electron chi connectivity index (χ0n) is 15.1. The number of urea groups is 1. The molecule has 1 saturated carbocycles. The molecule has 0 radical (unpaired) electrons. The molecule has 8 heteroatoms. The Morgan fingerprint density at radius 2 is 1.61 bits per heavy atom. The van der Waals surface area contributed by atoms with Crippen molar-refractivity contribution in [3.63, 3.8) is 0 Å². The lowest BCUT2D eigenvalue weighted by atomic mass is 9.85. The molecule has 1 saturated heterocycles. The number of amides is 4. The summed E-state index contributed by atoms with van der Waals surface area (Å²) in [5.41, 5.74) is 0.947. The lowest BCUT2D eigenvalue weighted by molar-refractivity contribution is -0.140. The van der Waals surface area contributed by atoms with Crippen LogP contribution in [0.25, 0.3) is 0 Å². The second-order valence-corrected chi connectivity index (χ2v) is 7.44. The van der Waals surface area contributed by atoms with Crippen molar-refractivity contribution >= 4 is 23.8 Å². The highest BCUT2D eigenvalue weighted by atomic mass is 16.4. The summed E-state index contributed by atoms with van der Waals surface area (Å²) in [6, 6.07) is 5.79. The topological polar surface area (TPSA) is 116 Å². The Labute approximate surface area is 161 Å². The van der Waals surface area contributed by atoms with Crippen molar-refractivity contribution in [1.82, 2.24) is 15.5 Å². The number of rotatable bonds is 6. The predicted molar refractivity (Wildman–Crippen MR) is 98.1 cm³/mol. The predicted octanol–water partition coefficient (Wildman–Crippen LogP) is 0.991. The van der Waals surface area contributed by atoms with E-state index in [0.29, 0.717) is 0 Å². The van der Waals surface area contributed by atoms with E-state index in [-0.39, 0.29) is 60.7 Å². The molecule has 2 bridgehead atoms. The van der Waals surface area contributed by atoms with Crippen LogP contribution >= 0.6 is 0 Å². The van der Waals surface area contributed by atoms with Crippen LogP contribution in [-0.2, 0) is 16.1 Å². The normalized spacial score (nSPS) is 27.2. The number of allylic oxidation sites excluding steroid dienone is 2. The van der Waals surface area contributed by atoms with Gasteiger partial charge >= 0.3 is 12.0 Å². The van der Waals surface area contributed by atoms with Gasteiger partial charge in [-0.05, 0) is 36.0 Å². The maximum atomic E-state index is 12.6. The summed E-state index contributed by atoms with van der Waals surface area (Å²) in [6.07, 6.45) is 5.00.